The van der Waals surface area contributed by atoms with Gasteiger partial charge in [-0.1, -0.05) is 66.2 Å². The fourth-order valence-corrected chi connectivity index (χ4v) is 4.91. The minimum absolute atomic E-state index is 0. The third-order valence-corrected chi connectivity index (χ3v) is 8.43. The van der Waals surface area contributed by atoms with Gasteiger partial charge < -0.3 is 32.6 Å². The van der Waals surface area contributed by atoms with E-state index < -0.39 is 11.8 Å². The summed E-state index contributed by atoms with van der Waals surface area (Å²) in [5, 5.41) is 8.43. The second-order valence-corrected chi connectivity index (χ2v) is 11.7. The molecule has 5 N–H and O–H groups in total. The molecule has 2 aromatic carbocycles. The molecule has 0 fully saturated rings. The van der Waals surface area contributed by atoms with Crippen LogP contribution in [-0.4, -0.2) is 47.8 Å². The molecule has 2 atom stereocenters. The van der Waals surface area contributed by atoms with Crippen LogP contribution in [0.2, 0.25) is 0 Å². The Hall–Kier alpha value is -2.72. The number of amides is 2. The number of halogens is 1. The molecule has 0 bridgehead atoms. The zero-order valence-electron chi connectivity index (χ0n) is 31.0. The Morgan fingerprint density at radius 2 is 1.30 bits per heavy atom. The van der Waals surface area contributed by atoms with Crippen molar-refractivity contribution in [1.82, 2.24) is 29.5 Å². The number of primary amides is 2. The van der Waals surface area contributed by atoms with Gasteiger partial charge in [0.25, 0.3) is 6.47 Å². The van der Waals surface area contributed by atoms with Crippen LogP contribution < -0.4 is 119 Å². The Labute approximate surface area is 403 Å². The Morgan fingerprint density at radius 3 is 1.60 bits per heavy atom. The van der Waals surface area contributed by atoms with E-state index in [1.165, 1.54) is 0 Å². The number of aromatic amines is 1. The molecule has 6 rings (SSSR count). The molecule has 53 heavy (non-hydrogen) atoms. The molecule has 4 heterocycles. The first-order valence-electron chi connectivity index (χ1n) is 15.7. The van der Waals surface area contributed by atoms with Crippen molar-refractivity contribution in [3.63, 3.8) is 0 Å². The van der Waals surface area contributed by atoms with Crippen LogP contribution >= 0.6 is 15.9 Å². The SMILES string of the molecule is CCC(Br)c1ccc(-c2ccc(C(N)=O)cc2)cn1.CCC(c1ccc(-c2ccc(C(N)=O)cc2)cn1)n1ccnc1.O=CO[O-].[H-].[K+].[K+].c1c[nH]cn1. The maximum atomic E-state index is 11.1. The zero-order chi connectivity index (χ0) is 37.0. The molecule has 2 amide bonds. The van der Waals surface area contributed by atoms with Crippen molar-refractivity contribution in [3.05, 3.63) is 145 Å². The summed E-state index contributed by atoms with van der Waals surface area (Å²) in [6, 6.07) is 22.7. The van der Waals surface area contributed by atoms with E-state index in [9.17, 15) is 9.59 Å². The number of nitrogens with two attached hydrogens (primary N) is 2. The van der Waals surface area contributed by atoms with Gasteiger partial charge in [0.15, 0.2) is 0 Å². The third kappa shape index (κ3) is 16.3. The average Bonchev–Trinajstić information content (AvgIpc) is 3.95. The van der Waals surface area contributed by atoms with Gasteiger partial charge in [-0.15, -0.1) is 0 Å². The Morgan fingerprint density at radius 1 is 0.811 bits per heavy atom. The first-order valence-corrected chi connectivity index (χ1v) is 16.6. The molecule has 266 valence electrons. The van der Waals surface area contributed by atoms with Crippen LogP contribution in [0.3, 0.4) is 0 Å². The van der Waals surface area contributed by atoms with Gasteiger partial charge >= 0.3 is 103 Å². The summed E-state index contributed by atoms with van der Waals surface area (Å²) in [6.45, 7) is 4.06. The number of aromatic nitrogens is 6. The average molecular weight is 834 g/mol. The van der Waals surface area contributed by atoms with Crippen molar-refractivity contribution in [1.29, 1.82) is 0 Å². The van der Waals surface area contributed by atoms with E-state index in [1.54, 1.807) is 49.2 Å². The zero-order valence-corrected chi connectivity index (χ0v) is 37.8. The maximum Gasteiger partial charge on any atom is 1.00 e. The Balaban J connectivity index is 0.000000816. The van der Waals surface area contributed by atoms with E-state index in [2.05, 4.69) is 64.2 Å². The van der Waals surface area contributed by atoms with Crippen LogP contribution in [0.1, 0.15) is 71.1 Å². The van der Waals surface area contributed by atoms with E-state index in [0.29, 0.717) is 16.0 Å². The van der Waals surface area contributed by atoms with Crippen molar-refractivity contribution in [2.24, 2.45) is 11.5 Å². The Bertz CT molecular complexity index is 1870. The minimum Gasteiger partial charge on any atom is -1.00 e. The number of hydrogen-bond donors (Lipinski definition) is 3. The first kappa shape index (κ1) is 48.3. The summed E-state index contributed by atoms with van der Waals surface area (Å²) in [4.78, 5) is 53.2. The maximum absolute atomic E-state index is 11.1. The summed E-state index contributed by atoms with van der Waals surface area (Å²) in [5.41, 5.74) is 17.6. The number of imidazole rings is 2. The normalized spacial score (nSPS) is 10.7. The molecule has 2 unspecified atom stereocenters. The third-order valence-electron chi connectivity index (χ3n) is 7.32. The summed E-state index contributed by atoms with van der Waals surface area (Å²) >= 11 is 3.58. The molecule has 0 saturated carbocycles. The molecule has 0 saturated heterocycles. The molecule has 16 heteroatoms. The summed E-state index contributed by atoms with van der Waals surface area (Å²) in [5.74, 6) is -0.832. The van der Waals surface area contributed by atoms with Gasteiger partial charge in [-0.2, -0.15) is 0 Å². The van der Waals surface area contributed by atoms with Crippen molar-refractivity contribution in [2.45, 2.75) is 37.6 Å². The molecule has 0 spiro atoms. The first-order chi connectivity index (χ1) is 24.7. The number of benzene rings is 2. The van der Waals surface area contributed by atoms with Crippen LogP contribution in [-0.2, 0) is 9.68 Å². The number of nitrogens with one attached hydrogen (secondary N) is 1. The van der Waals surface area contributed by atoms with E-state index in [1.807, 2.05) is 73.4 Å². The van der Waals surface area contributed by atoms with E-state index >= 15 is 0 Å². The van der Waals surface area contributed by atoms with E-state index in [4.69, 9.17) is 21.5 Å². The largest absolute Gasteiger partial charge is 1.00 e. The van der Waals surface area contributed by atoms with E-state index in [0.717, 1.165) is 46.5 Å². The van der Waals surface area contributed by atoms with Crippen LogP contribution in [0, 0.1) is 0 Å². The van der Waals surface area contributed by atoms with Crippen molar-refractivity contribution in [3.8, 4) is 22.3 Å². The fourth-order valence-electron chi connectivity index (χ4n) is 4.64. The molecular weight excluding hydrogens is 795 g/mol. The molecule has 0 radical (unpaired) electrons. The predicted molar refractivity (Wildman–Crippen MR) is 196 cm³/mol. The molecule has 0 aliphatic heterocycles. The van der Waals surface area contributed by atoms with Gasteiger partial charge in [0, 0.05) is 59.4 Å². The standard InChI is InChI=1S/C18H18N4O.C15H15BrN2O.C3H4N2.CH2O3.2K.H/c1-2-17(22-10-9-20-12-22)16-8-7-15(11-21-16)13-3-5-14(6-4-13)18(19)23;1-2-13(16)14-8-7-12(9-18-14)10-3-5-11(6-4-10)15(17)19;1-2-5-3-4-1;2-1-4-3;;;/h3-12,17H,2H2,1H3,(H2,19,23);3-9,13H,2H2,1H3,(H2,17,19);1-3H,(H,4,5);1,3H;;;/q;;;;2*+1;-1/p-1. The van der Waals surface area contributed by atoms with Crippen molar-refractivity contribution < 1.29 is 129 Å². The number of carbonyl (C=O) groups excluding carboxylic acids is 3. The van der Waals surface area contributed by atoms with Gasteiger partial charge in [0.05, 0.1) is 34.9 Å². The number of carbonyl (C=O) groups is 3. The number of rotatable bonds is 10. The smallest absolute Gasteiger partial charge is 1.00 e. The summed E-state index contributed by atoms with van der Waals surface area (Å²) in [7, 11) is 0. The van der Waals surface area contributed by atoms with Gasteiger partial charge in [-0.25, -0.2) is 9.97 Å². The van der Waals surface area contributed by atoms with Crippen LogP contribution in [0.5, 0.6) is 0 Å². The van der Waals surface area contributed by atoms with Gasteiger partial charge in [0.2, 0.25) is 11.8 Å². The number of pyridine rings is 2. The summed E-state index contributed by atoms with van der Waals surface area (Å²) in [6.07, 6.45) is 16.3. The van der Waals surface area contributed by atoms with Crippen molar-refractivity contribution in [2.75, 3.05) is 0 Å². The number of H-pyrrole nitrogens is 1. The quantitative estimate of drug-likeness (QED) is 0.0544. The predicted octanol–water partition coefficient (Wildman–Crippen LogP) is -0.298. The summed E-state index contributed by atoms with van der Waals surface area (Å²) < 4.78 is 2.06. The van der Waals surface area contributed by atoms with Gasteiger partial charge in [-0.05, 0) is 60.4 Å². The Kier molecular flexibility index (Phi) is 24.6. The van der Waals surface area contributed by atoms with Gasteiger partial charge in [0.1, 0.15) is 0 Å². The van der Waals surface area contributed by atoms with Crippen LogP contribution in [0.4, 0.5) is 0 Å². The minimum atomic E-state index is -0.420. The fraction of sp³-hybridized carbons (Fsp3) is 0.162. The van der Waals surface area contributed by atoms with Crippen LogP contribution in [0.15, 0.2) is 123 Å². The second-order valence-electron chi connectivity index (χ2n) is 10.6. The number of hydrogen-bond acceptors (Lipinski definition) is 9. The van der Waals surface area contributed by atoms with E-state index in [-0.39, 0.29) is 117 Å². The molecule has 4 aromatic heterocycles. The molecule has 13 nitrogen and oxygen atoms in total. The monoisotopic (exact) mass is 832 g/mol. The van der Waals surface area contributed by atoms with Crippen molar-refractivity contribution >= 4 is 34.2 Å². The second kappa shape index (κ2) is 27.0. The molecule has 0 aliphatic rings. The van der Waals surface area contributed by atoms with Crippen LogP contribution in [0.25, 0.3) is 22.3 Å². The molecule has 0 aliphatic carbocycles. The molecular formula is C37H39BrK2N8O5. The number of nitrogens with zero attached hydrogens (tertiary/aromatic N) is 5. The molecule has 6 aromatic rings. The number of alkyl halides is 1. The van der Waals surface area contributed by atoms with Gasteiger partial charge in [-0.3, -0.25) is 24.4 Å². The topological polar surface area (TPSA) is 208 Å².